The van der Waals surface area contributed by atoms with Crippen LogP contribution in [0, 0.1) is 19.3 Å². The molecule has 2 aromatic heterocycles. The minimum atomic E-state index is -0.580. The Hall–Kier alpha value is -2.19. The van der Waals surface area contributed by atoms with Gasteiger partial charge in [-0.25, -0.2) is 0 Å². The number of amides is 1. The van der Waals surface area contributed by atoms with E-state index in [-0.39, 0.29) is 17.4 Å². The van der Waals surface area contributed by atoms with Gasteiger partial charge in [-0.3, -0.25) is 14.4 Å². The highest BCUT2D eigenvalue weighted by Gasteiger charge is 2.51. The second-order valence-electron chi connectivity index (χ2n) is 7.96. The normalized spacial score (nSPS) is 24.7. The van der Waals surface area contributed by atoms with Crippen molar-refractivity contribution in [2.75, 3.05) is 13.1 Å². The van der Waals surface area contributed by atoms with Crippen LogP contribution < -0.4 is 5.32 Å². The van der Waals surface area contributed by atoms with Crippen LogP contribution >= 0.6 is 0 Å². The van der Waals surface area contributed by atoms with Crippen molar-refractivity contribution in [2.24, 2.45) is 5.41 Å². The van der Waals surface area contributed by atoms with E-state index in [0.717, 1.165) is 42.8 Å². The number of carbonyl (C=O) groups excluding carboxylic acids is 1. The van der Waals surface area contributed by atoms with Gasteiger partial charge in [0.05, 0.1) is 29.8 Å². The minimum Gasteiger partial charge on any atom is -0.390 e. The lowest BCUT2D eigenvalue weighted by atomic mass is 9.98. The highest BCUT2D eigenvalue weighted by molar-refractivity contribution is 5.85. The Morgan fingerprint density at radius 3 is 2.85 bits per heavy atom. The zero-order chi connectivity index (χ0) is 19.0. The summed E-state index contributed by atoms with van der Waals surface area (Å²) >= 11 is 0. The maximum atomic E-state index is 12.8. The van der Waals surface area contributed by atoms with Crippen molar-refractivity contribution in [1.29, 1.82) is 0 Å². The second kappa shape index (κ2) is 7.09. The van der Waals surface area contributed by atoms with Gasteiger partial charge in [0.15, 0.2) is 0 Å². The van der Waals surface area contributed by atoms with E-state index >= 15 is 0 Å². The number of aromatic nitrogens is 3. The molecule has 4 rings (SSSR count). The van der Waals surface area contributed by atoms with Crippen LogP contribution in [0.25, 0.3) is 0 Å². The van der Waals surface area contributed by atoms with E-state index in [1.54, 1.807) is 6.20 Å². The Bertz CT molecular complexity index is 777. The first-order valence-corrected chi connectivity index (χ1v) is 9.57. The molecule has 2 aromatic rings. The van der Waals surface area contributed by atoms with Gasteiger partial charge in [-0.1, -0.05) is 5.16 Å². The van der Waals surface area contributed by atoms with Gasteiger partial charge in [0, 0.05) is 37.6 Å². The van der Waals surface area contributed by atoms with Crippen LogP contribution in [0.1, 0.15) is 36.3 Å². The summed E-state index contributed by atoms with van der Waals surface area (Å²) in [4.78, 5) is 15.0. The summed E-state index contributed by atoms with van der Waals surface area (Å²) in [5, 5.41) is 21.9. The number of β-amino-alcohol motifs (C(OH)–C–C–N with tert-alkyl or cyclic N) is 1. The number of hydrogen-bond donors (Lipinski definition) is 2. The van der Waals surface area contributed by atoms with Crippen LogP contribution in [-0.4, -0.2) is 56.1 Å². The Morgan fingerprint density at radius 2 is 2.26 bits per heavy atom. The molecular formula is C19H27N5O3. The van der Waals surface area contributed by atoms with E-state index in [2.05, 4.69) is 20.5 Å². The largest absolute Gasteiger partial charge is 0.390 e. The average Bonchev–Trinajstić information content (AvgIpc) is 3.12. The number of rotatable bonds is 6. The SMILES string of the molecule is Cc1noc(C)c1CN1CC[C@@H](NC(=O)C2(Cn3cccn3)CC2)[C@H](O)C1. The topological polar surface area (TPSA) is 96.4 Å². The number of nitrogens with zero attached hydrogens (tertiary/aromatic N) is 4. The molecule has 27 heavy (non-hydrogen) atoms. The number of piperidine rings is 1. The van der Waals surface area contributed by atoms with Crippen LogP contribution in [-0.2, 0) is 17.9 Å². The van der Waals surface area contributed by atoms with Gasteiger partial charge in [-0.05, 0) is 39.2 Å². The quantitative estimate of drug-likeness (QED) is 0.785. The molecule has 8 heteroatoms. The number of hydrogen-bond acceptors (Lipinski definition) is 6. The fraction of sp³-hybridized carbons (Fsp3) is 0.632. The van der Waals surface area contributed by atoms with Crippen molar-refractivity contribution in [1.82, 2.24) is 25.2 Å². The first-order valence-electron chi connectivity index (χ1n) is 9.57. The van der Waals surface area contributed by atoms with E-state index in [4.69, 9.17) is 4.52 Å². The van der Waals surface area contributed by atoms with Crippen LogP contribution in [0.3, 0.4) is 0 Å². The highest BCUT2D eigenvalue weighted by atomic mass is 16.5. The van der Waals surface area contributed by atoms with Crippen molar-refractivity contribution in [3.63, 3.8) is 0 Å². The molecule has 3 heterocycles. The number of aliphatic hydroxyl groups excluding tert-OH is 1. The first kappa shape index (κ1) is 18.2. The van der Waals surface area contributed by atoms with Crippen molar-refractivity contribution in [3.05, 3.63) is 35.5 Å². The third-order valence-electron chi connectivity index (χ3n) is 5.90. The molecule has 146 valence electrons. The molecule has 1 amide bonds. The predicted molar refractivity (Wildman–Crippen MR) is 97.7 cm³/mol. The molecule has 2 fully saturated rings. The third kappa shape index (κ3) is 3.77. The number of likely N-dealkylation sites (tertiary alicyclic amines) is 1. The molecule has 1 aliphatic carbocycles. The lowest BCUT2D eigenvalue weighted by molar-refractivity contribution is -0.129. The fourth-order valence-corrected chi connectivity index (χ4v) is 3.89. The van der Waals surface area contributed by atoms with Crippen molar-refractivity contribution < 1.29 is 14.4 Å². The summed E-state index contributed by atoms with van der Waals surface area (Å²) in [5.74, 6) is 0.868. The molecule has 8 nitrogen and oxygen atoms in total. The summed E-state index contributed by atoms with van der Waals surface area (Å²) in [6, 6.07) is 1.67. The maximum Gasteiger partial charge on any atom is 0.228 e. The molecule has 1 saturated heterocycles. The zero-order valence-electron chi connectivity index (χ0n) is 15.9. The van der Waals surface area contributed by atoms with Gasteiger partial charge >= 0.3 is 0 Å². The van der Waals surface area contributed by atoms with Crippen molar-refractivity contribution >= 4 is 5.91 Å². The number of aliphatic hydroxyl groups is 1. The number of aryl methyl sites for hydroxylation is 2. The number of carbonyl (C=O) groups is 1. The third-order valence-corrected chi connectivity index (χ3v) is 5.90. The predicted octanol–water partition coefficient (Wildman–Crippen LogP) is 1.02. The summed E-state index contributed by atoms with van der Waals surface area (Å²) < 4.78 is 7.04. The molecule has 0 aromatic carbocycles. The van der Waals surface area contributed by atoms with E-state index in [9.17, 15) is 9.90 Å². The summed E-state index contributed by atoms with van der Waals surface area (Å²) in [7, 11) is 0. The zero-order valence-corrected chi connectivity index (χ0v) is 15.9. The molecule has 2 atom stereocenters. The van der Waals surface area contributed by atoms with Gasteiger partial charge < -0.3 is 14.9 Å². The lowest BCUT2D eigenvalue weighted by Crippen LogP contribution is -2.55. The number of nitrogens with one attached hydrogen (secondary N) is 1. The van der Waals surface area contributed by atoms with Crippen LogP contribution in [0.2, 0.25) is 0 Å². The monoisotopic (exact) mass is 373 g/mol. The van der Waals surface area contributed by atoms with E-state index < -0.39 is 6.10 Å². The highest BCUT2D eigenvalue weighted by Crippen LogP contribution is 2.47. The van der Waals surface area contributed by atoms with E-state index in [0.29, 0.717) is 19.6 Å². The lowest BCUT2D eigenvalue weighted by Gasteiger charge is -2.36. The fourth-order valence-electron chi connectivity index (χ4n) is 3.89. The van der Waals surface area contributed by atoms with E-state index in [1.165, 1.54) is 0 Å². The first-order chi connectivity index (χ1) is 13.0. The molecule has 0 spiro atoms. The minimum absolute atomic E-state index is 0.0428. The van der Waals surface area contributed by atoms with Crippen LogP contribution in [0.5, 0.6) is 0 Å². The molecule has 0 unspecified atom stereocenters. The average molecular weight is 373 g/mol. The van der Waals surface area contributed by atoms with Crippen molar-refractivity contribution in [3.8, 4) is 0 Å². The summed E-state index contributed by atoms with van der Waals surface area (Å²) in [6.45, 7) is 6.51. The Kier molecular flexibility index (Phi) is 4.77. The molecular weight excluding hydrogens is 346 g/mol. The van der Waals surface area contributed by atoms with E-state index in [1.807, 2.05) is 30.8 Å². The van der Waals surface area contributed by atoms with Crippen LogP contribution in [0.4, 0.5) is 0 Å². The van der Waals surface area contributed by atoms with Gasteiger partial charge in [0.1, 0.15) is 5.76 Å². The summed E-state index contributed by atoms with van der Waals surface area (Å²) in [5.41, 5.74) is 1.62. The second-order valence-corrected chi connectivity index (χ2v) is 7.96. The van der Waals surface area contributed by atoms with Crippen molar-refractivity contribution in [2.45, 2.75) is 58.3 Å². The standard InChI is InChI=1S/C19H27N5O3/c1-13-15(14(2)27-22-13)10-23-9-4-16(17(25)11-23)21-18(26)19(5-6-19)12-24-8-3-7-20-24/h3,7-8,16-17,25H,4-6,9-12H2,1-2H3,(H,21,26)/t16-,17-/m1/s1. The summed E-state index contributed by atoms with van der Waals surface area (Å²) in [6.07, 6.45) is 5.51. The Morgan fingerprint density at radius 1 is 1.44 bits per heavy atom. The van der Waals surface area contributed by atoms with Gasteiger partial charge in [0.25, 0.3) is 0 Å². The molecule has 0 radical (unpaired) electrons. The Balaban J connectivity index is 1.32. The molecule has 1 saturated carbocycles. The molecule has 2 N–H and O–H groups in total. The smallest absolute Gasteiger partial charge is 0.228 e. The molecule has 2 aliphatic rings. The van der Waals surface area contributed by atoms with Gasteiger partial charge in [0.2, 0.25) is 5.91 Å². The maximum absolute atomic E-state index is 12.8. The molecule has 0 bridgehead atoms. The van der Waals surface area contributed by atoms with Gasteiger partial charge in [-0.15, -0.1) is 0 Å². The van der Waals surface area contributed by atoms with Gasteiger partial charge in [-0.2, -0.15) is 5.10 Å². The Labute approximate surface area is 158 Å². The van der Waals surface area contributed by atoms with Crippen LogP contribution in [0.15, 0.2) is 23.0 Å². The molecule has 1 aliphatic heterocycles.